The highest BCUT2D eigenvalue weighted by Crippen LogP contribution is 2.29. The van der Waals surface area contributed by atoms with Crippen molar-refractivity contribution in [1.29, 1.82) is 0 Å². The van der Waals surface area contributed by atoms with Gasteiger partial charge in [0.25, 0.3) is 0 Å². The Morgan fingerprint density at radius 2 is 1.84 bits per heavy atom. The van der Waals surface area contributed by atoms with Crippen molar-refractivity contribution in [1.82, 2.24) is 4.90 Å². The molecule has 106 valence electrons. The second-order valence-corrected chi connectivity index (χ2v) is 6.03. The molecule has 1 rings (SSSR count). The van der Waals surface area contributed by atoms with Crippen molar-refractivity contribution in [2.75, 3.05) is 7.05 Å². The van der Waals surface area contributed by atoms with Crippen LogP contribution in [0.5, 0.6) is 5.75 Å². The van der Waals surface area contributed by atoms with Crippen molar-refractivity contribution in [3.8, 4) is 5.75 Å². The predicted octanol–water partition coefficient (Wildman–Crippen LogP) is 2.29. The summed E-state index contributed by atoms with van der Waals surface area (Å²) in [5.74, 6) is 0.0715. The Kier molecular flexibility index (Phi) is 4.58. The molecule has 3 N–H and O–H groups in total. The van der Waals surface area contributed by atoms with E-state index in [2.05, 4.69) is 0 Å². The Balaban J connectivity index is 2.92. The first kappa shape index (κ1) is 15.5. The number of phenolic OH excluding ortho intramolecular Hbond substituents is 1. The van der Waals surface area contributed by atoms with E-state index in [4.69, 9.17) is 5.73 Å². The first-order chi connectivity index (χ1) is 8.66. The summed E-state index contributed by atoms with van der Waals surface area (Å²) in [6.07, 6.45) is 0. The smallest absolute Gasteiger partial charge is 0.240 e. The van der Waals surface area contributed by atoms with E-state index in [-0.39, 0.29) is 23.1 Å². The molecule has 0 heterocycles. The van der Waals surface area contributed by atoms with Gasteiger partial charge in [-0.15, -0.1) is 0 Å². The Labute approximate surface area is 115 Å². The largest absolute Gasteiger partial charge is 0.508 e. The molecule has 4 heteroatoms. The van der Waals surface area contributed by atoms with Crippen LogP contribution in [0.3, 0.4) is 0 Å². The molecule has 1 aromatic rings. The van der Waals surface area contributed by atoms with Gasteiger partial charge in [-0.1, -0.05) is 39.0 Å². The number of carbonyl (C=O) groups is 1. The van der Waals surface area contributed by atoms with Crippen molar-refractivity contribution in [3.63, 3.8) is 0 Å². The molecule has 0 aromatic heterocycles. The minimum Gasteiger partial charge on any atom is -0.508 e. The highest BCUT2D eigenvalue weighted by molar-refractivity contribution is 5.82. The second kappa shape index (κ2) is 5.61. The third-order valence-electron chi connectivity index (χ3n) is 3.51. The molecule has 0 bridgehead atoms. The van der Waals surface area contributed by atoms with Gasteiger partial charge in [-0.2, -0.15) is 0 Å². The van der Waals surface area contributed by atoms with Crippen LogP contribution in [0.25, 0.3) is 0 Å². The molecule has 0 radical (unpaired) electrons. The van der Waals surface area contributed by atoms with Gasteiger partial charge in [-0.25, -0.2) is 0 Å². The standard InChI is InChI=1S/C15H24N2O2/c1-10(11-8-6-7-9-12(11)18)17(5)14(19)13(16)15(2,3)4/h6-10,13,18H,16H2,1-5H3/t10?,13-/m0/s1. The van der Waals surface area contributed by atoms with E-state index < -0.39 is 6.04 Å². The van der Waals surface area contributed by atoms with Gasteiger partial charge in [0.2, 0.25) is 5.91 Å². The summed E-state index contributed by atoms with van der Waals surface area (Å²) < 4.78 is 0. The van der Waals surface area contributed by atoms with Crippen LogP contribution < -0.4 is 5.73 Å². The Bertz CT molecular complexity index is 452. The van der Waals surface area contributed by atoms with E-state index in [0.717, 1.165) is 5.56 Å². The zero-order valence-electron chi connectivity index (χ0n) is 12.3. The quantitative estimate of drug-likeness (QED) is 0.880. The molecular formula is C15H24N2O2. The fraction of sp³-hybridized carbons (Fsp3) is 0.533. The number of phenols is 1. The average Bonchev–Trinajstić information content (AvgIpc) is 2.34. The summed E-state index contributed by atoms with van der Waals surface area (Å²) in [7, 11) is 1.71. The summed E-state index contributed by atoms with van der Waals surface area (Å²) in [5.41, 5.74) is 6.43. The average molecular weight is 264 g/mol. The second-order valence-electron chi connectivity index (χ2n) is 6.03. The first-order valence-corrected chi connectivity index (χ1v) is 6.46. The first-order valence-electron chi connectivity index (χ1n) is 6.46. The lowest BCUT2D eigenvalue weighted by molar-refractivity contribution is -0.135. The van der Waals surface area contributed by atoms with Gasteiger partial charge in [0, 0.05) is 12.6 Å². The van der Waals surface area contributed by atoms with Crippen molar-refractivity contribution in [2.45, 2.75) is 39.8 Å². The summed E-state index contributed by atoms with van der Waals surface area (Å²) in [6, 6.07) is 6.25. The predicted molar refractivity (Wildman–Crippen MR) is 76.7 cm³/mol. The molecule has 0 fully saturated rings. The maximum absolute atomic E-state index is 12.3. The lowest BCUT2D eigenvalue weighted by Gasteiger charge is -2.33. The summed E-state index contributed by atoms with van der Waals surface area (Å²) in [6.45, 7) is 7.69. The lowest BCUT2D eigenvalue weighted by atomic mass is 9.86. The zero-order valence-corrected chi connectivity index (χ0v) is 12.3. The van der Waals surface area contributed by atoms with Crippen LogP contribution in [0.2, 0.25) is 0 Å². The number of hydrogen-bond acceptors (Lipinski definition) is 3. The van der Waals surface area contributed by atoms with Crippen molar-refractivity contribution < 1.29 is 9.90 Å². The molecule has 1 unspecified atom stereocenters. The topological polar surface area (TPSA) is 66.6 Å². The molecule has 1 aromatic carbocycles. The summed E-state index contributed by atoms with van der Waals surface area (Å²) in [5, 5.41) is 9.84. The van der Waals surface area contributed by atoms with Gasteiger partial charge >= 0.3 is 0 Å². The van der Waals surface area contributed by atoms with Gasteiger partial charge in [0.15, 0.2) is 0 Å². The third-order valence-corrected chi connectivity index (χ3v) is 3.51. The van der Waals surface area contributed by atoms with Gasteiger partial charge in [-0.3, -0.25) is 4.79 Å². The number of likely N-dealkylation sites (N-methyl/N-ethyl adjacent to an activating group) is 1. The van der Waals surface area contributed by atoms with Crippen LogP contribution in [0.1, 0.15) is 39.3 Å². The molecular weight excluding hydrogens is 240 g/mol. The number of benzene rings is 1. The minimum atomic E-state index is -0.564. The fourth-order valence-electron chi connectivity index (χ4n) is 1.83. The fourth-order valence-corrected chi connectivity index (χ4v) is 1.83. The normalized spacial score (nSPS) is 14.8. The molecule has 0 saturated carbocycles. The number of nitrogens with zero attached hydrogens (tertiary/aromatic N) is 1. The minimum absolute atomic E-state index is 0.122. The van der Waals surface area contributed by atoms with E-state index in [0.29, 0.717) is 0 Å². The number of rotatable bonds is 3. The lowest BCUT2D eigenvalue weighted by Crippen LogP contribution is -2.49. The summed E-state index contributed by atoms with van der Waals surface area (Å²) in [4.78, 5) is 13.9. The van der Waals surface area contributed by atoms with Crippen molar-refractivity contribution >= 4 is 5.91 Å². The van der Waals surface area contributed by atoms with E-state index in [9.17, 15) is 9.90 Å². The van der Waals surface area contributed by atoms with Crippen LogP contribution in [0.4, 0.5) is 0 Å². The maximum Gasteiger partial charge on any atom is 0.240 e. The number of aromatic hydroxyl groups is 1. The van der Waals surface area contributed by atoms with E-state index >= 15 is 0 Å². The van der Waals surface area contributed by atoms with Gasteiger partial charge in [-0.05, 0) is 18.4 Å². The number of amides is 1. The van der Waals surface area contributed by atoms with Crippen LogP contribution in [-0.4, -0.2) is 29.0 Å². The number of hydrogen-bond donors (Lipinski definition) is 2. The molecule has 1 amide bonds. The van der Waals surface area contributed by atoms with E-state index in [1.807, 2.05) is 39.8 Å². The Morgan fingerprint density at radius 1 is 1.32 bits per heavy atom. The summed E-state index contributed by atoms with van der Waals surface area (Å²) >= 11 is 0. The van der Waals surface area contributed by atoms with Gasteiger partial charge in [0.05, 0.1) is 12.1 Å². The number of nitrogens with two attached hydrogens (primary N) is 1. The Morgan fingerprint density at radius 3 is 2.32 bits per heavy atom. The highest BCUT2D eigenvalue weighted by atomic mass is 16.3. The monoisotopic (exact) mass is 264 g/mol. The van der Waals surface area contributed by atoms with Crippen molar-refractivity contribution in [3.05, 3.63) is 29.8 Å². The number of carbonyl (C=O) groups excluding carboxylic acids is 1. The van der Waals surface area contributed by atoms with Crippen LogP contribution in [0.15, 0.2) is 24.3 Å². The van der Waals surface area contributed by atoms with Crippen LogP contribution >= 0.6 is 0 Å². The third kappa shape index (κ3) is 3.47. The van der Waals surface area contributed by atoms with E-state index in [1.54, 1.807) is 24.1 Å². The molecule has 19 heavy (non-hydrogen) atoms. The molecule has 0 saturated heterocycles. The molecule has 0 aliphatic heterocycles. The number of para-hydroxylation sites is 1. The van der Waals surface area contributed by atoms with Crippen molar-refractivity contribution in [2.24, 2.45) is 11.1 Å². The molecule has 0 spiro atoms. The zero-order chi connectivity index (χ0) is 14.8. The SMILES string of the molecule is CC(c1ccccc1O)N(C)C(=O)[C@H](N)C(C)(C)C. The maximum atomic E-state index is 12.3. The van der Waals surface area contributed by atoms with E-state index in [1.165, 1.54) is 0 Å². The molecule has 2 atom stereocenters. The molecule has 0 aliphatic rings. The van der Waals surface area contributed by atoms with Crippen LogP contribution in [-0.2, 0) is 4.79 Å². The van der Waals surface area contributed by atoms with Gasteiger partial charge in [0.1, 0.15) is 5.75 Å². The molecule has 0 aliphatic carbocycles. The van der Waals surface area contributed by atoms with Crippen LogP contribution in [0, 0.1) is 5.41 Å². The highest BCUT2D eigenvalue weighted by Gasteiger charge is 2.32. The van der Waals surface area contributed by atoms with Gasteiger partial charge < -0.3 is 15.7 Å². The molecule has 4 nitrogen and oxygen atoms in total. The Hall–Kier alpha value is -1.55.